The predicted octanol–water partition coefficient (Wildman–Crippen LogP) is 1.28. The SMILES string of the molecule is CCCC(=O)O.c1c[nH]cn1. The Balaban J connectivity index is 0.000000183. The number of nitrogens with zero attached hydrogens (tertiary/aromatic N) is 1. The van der Waals surface area contributed by atoms with E-state index in [4.69, 9.17) is 5.11 Å². The maximum Gasteiger partial charge on any atom is 0.303 e. The van der Waals surface area contributed by atoms with Crippen LogP contribution < -0.4 is 0 Å². The topological polar surface area (TPSA) is 66.0 Å². The van der Waals surface area contributed by atoms with Gasteiger partial charge in [-0.3, -0.25) is 4.79 Å². The van der Waals surface area contributed by atoms with Gasteiger partial charge >= 0.3 is 5.97 Å². The summed E-state index contributed by atoms with van der Waals surface area (Å²) >= 11 is 0. The second kappa shape index (κ2) is 6.80. The summed E-state index contributed by atoms with van der Waals surface area (Å²) in [4.78, 5) is 16.0. The number of carboxylic acids is 1. The molecule has 0 atom stereocenters. The first-order chi connectivity index (χ1) is 5.27. The first-order valence-electron chi connectivity index (χ1n) is 3.42. The predicted molar refractivity (Wildman–Crippen MR) is 41.1 cm³/mol. The largest absolute Gasteiger partial charge is 0.481 e. The summed E-state index contributed by atoms with van der Waals surface area (Å²) in [5.41, 5.74) is 0. The first-order valence-corrected chi connectivity index (χ1v) is 3.42. The van der Waals surface area contributed by atoms with Crippen molar-refractivity contribution in [1.82, 2.24) is 9.97 Å². The molecule has 0 bridgehead atoms. The number of nitrogens with one attached hydrogen (secondary N) is 1. The van der Waals surface area contributed by atoms with Crippen LogP contribution in [0.4, 0.5) is 0 Å². The lowest BCUT2D eigenvalue weighted by Crippen LogP contribution is -1.90. The third kappa shape index (κ3) is 8.68. The van der Waals surface area contributed by atoms with Crippen LogP contribution in [0, 0.1) is 0 Å². The zero-order valence-corrected chi connectivity index (χ0v) is 6.45. The molecule has 0 aromatic carbocycles. The highest BCUT2D eigenvalue weighted by molar-refractivity contribution is 5.66. The number of hydrogen-bond acceptors (Lipinski definition) is 2. The third-order valence-corrected chi connectivity index (χ3v) is 0.870. The van der Waals surface area contributed by atoms with E-state index in [1.165, 1.54) is 0 Å². The van der Waals surface area contributed by atoms with E-state index in [-0.39, 0.29) is 0 Å². The number of H-pyrrole nitrogens is 1. The Morgan fingerprint density at radius 2 is 2.45 bits per heavy atom. The first kappa shape index (κ1) is 9.68. The molecule has 4 heteroatoms. The Morgan fingerprint density at radius 3 is 2.55 bits per heavy atom. The lowest BCUT2D eigenvalue weighted by Gasteiger charge is -1.79. The number of carboxylic acid groups (broad SMARTS) is 1. The van der Waals surface area contributed by atoms with Gasteiger partial charge in [0.1, 0.15) is 0 Å². The van der Waals surface area contributed by atoms with Crippen molar-refractivity contribution in [3.8, 4) is 0 Å². The van der Waals surface area contributed by atoms with Crippen LogP contribution in [0.15, 0.2) is 18.7 Å². The number of aromatic nitrogens is 2. The summed E-state index contributed by atoms with van der Waals surface area (Å²) < 4.78 is 0. The smallest absolute Gasteiger partial charge is 0.303 e. The Morgan fingerprint density at radius 1 is 1.73 bits per heavy atom. The number of imidazole rings is 1. The molecular formula is C7H12N2O2. The van der Waals surface area contributed by atoms with Crippen molar-refractivity contribution in [2.75, 3.05) is 0 Å². The van der Waals surface area contributed by atoms with Crippen molar-refractivity contribution in [3.63, 3.8) is 0 Å². The van der Waals surface area contributed by atoms with E-state index < -0.39 is 5.97 Å². The molecule has 0 spiro atoms. The summed E-state index contributed by atoms with van der Waals surface area (Å²) in [6.07, 6.45) is 6.11. The van der Waals surface area contributed by atoms with Gasteiger partial charge in [-0.25, -0.2) is 4.98 Å². The van der Waals surface area contributed by atoms with Gasteiger partial charge in [-0.05, 0) is 6.42 Å². The highest BCUT2D eigenvalue weighted by Crippen LogP contribution is 1.82. The number of aliphatic carboxylic acids is 1. The Bertz CT molecular complexity index is 155. The van der Waals surface area contributed by atoms with Crippen molar-refractivity contribution < 1.29 is 9.90 Å². The van der Waals surface area contributed by atoms with Gasteiger partial charge in [-0.2, -0.15) is 0 Å². The molecule has 0 saturated carbocycles. The van der Waals surface area contributed by atoms with Crippen LogP contribution in [0.5, 0.6) is 0 Å². The van der Waals surface area contributed by atoms with Crippen molar-refractivity contribution in [2.24, 2.45) is 0 Å². The van der Waals surface area contributed by atoms with Crippen LogP contribution in [0.2, 0.25) is 0 Å². The van der Waals surface area contributed by atoms with E-state index in [0.29, 0.717) is 6.42 Å². The second-order valence-electron chi connectivity index (χ2n) is 1.90. The van der Waals surface area contributed by atoms with E-state index in [1.807, 2.05) is 6.92 Å². The summed E-state index contributed by atoms with van der Waals surface area (Å²) in [7, 11) is 0. The fourth-order valence-electron chi connectivity index (χ4n) is 0.429. The molecular weight excluding hydrogens is 144 g/mol. The van der Waals surface area contributed by atoms with Gasteiger partial charge in [-0.15, -0.1) is 0 Å². The quantitative estimate of drug-likeness (QED) is 0.677. The van der Waals surface area contributed by atoms with Crippen molar-refractivity contribution in [3.05, 3.63) is 18.7 Å². The minimum Gasteiger partial charge on any atom is -0.481 e. The highest BCUT2D eigenvalue weighted by atomic mass is 16.4. The van der Waals surface area contributed by atoms with Gasteiger partial charge in [0.15, 0.2) is 0 Å². The molecule has 0 aliphatic heterocycles. The number of hydrogen-bond donors (Lipinski definition) is 2. The van der Waals surface area contributed by atoms with Gasteiger partial charge < -0.3 is 10.1 Å². The zero-order chi connectivity index (χ0) is 8.53. The average Bonchev–Trinajstić information content (AvgIpc) is 2.41. The Labute approximate surface area is 65.3 Å². The van der Waals surface area contributed by atoms with Gasteiger partial charge in [0.05, 0.1) is 6.33 Å². The lowest BCUT2D eigenvalue weighted by atomic mass is 10.4. The molecule has 11 heavy (non-hydrogen) atoms. The molecule has 0 aliphatic rings. The highest BCUT2D eigenvalue weighted by Gasteiger charge is 1.87. The van der Waals surface area contributed by atoms with Crippen LogP contribution in [0.1, 0.15) is 19.8 Å². The van der Waals surface area contributed by atoms with Crippen LogP contribution in [0.25, 0.3) is 0 Å². The van der Waals surface area contributed by atoms with Crippen LogP contribution in [0.3, 0.4) is 0 Å². The fourth-order valence-corrected chi connectivity index (χ4v) is 0.429. The standard InChI is InChI=1S/C4H8O2.C3H4N2/c1-2-3-4(5)6;1-2-5-3-4-1/h2-3H2,1H3,(H,5,6);1-3H,(H,4,5). The third-order valence-electron chi connectivity index (χ3n) is 0.870. The van der Waals surface area contributed by atoms with E-state index in [0.717, 1.165) is 6.42 Å². The second-order valence-corrected chi connectivity index (χ2v) is 1.90. The average molecular weight is 156 g/mol. The Kier molecular flexibility index (Phi) is 5.98. The van der Waals surface area contributed by atoms with Crippen LogP contribution in [-0.2, 0) is 4.79 Å². The molecule has 1 aromatic rings. The van der Waals surface area contributed by atoms with Crippen LogP contribution >= 0.6 is 0 Å². The van der Waals surface area contributed by atoms with E-state index in [2.05, 4.69) is 9.97 Å². The van der Waals surface area contributed by atoms with E-state index >= 15 is 0 Å². The van der Waals surface area contributed by atoms with E-state index in [1.54, 1.807) is 18.7 Å². The maximum absolute atomic E-state index is 9.60. The van der Waals surface area contributed by atoms with Crippen molar-refractivity contribution >= 4 is 5.97 Å². The van der Waals surface area contributed by atoms with Crippen molar-refractivity contribution in [2.45, 2.75) is 19.8 Å². The monoisotopic (exact) mass is 156 g/mol. The molecule has 0 fully saturated rings. The zero-order valence-electron chi connectivity index (χ0n) is 6.45. The molecule has 62 valence electrons. The summed E-state index contributed by atoms with van der Waals surface area (Å²) in [6.45, 7) is 1.84. The summed E-state index contributed by atoms with van der Waals surface area (Å²) in [5.74, 6) is -0.711. The molecule has 4 nitrogen and oxygen atoms in total. The van der Waals surface area contributed by atoms with E-state index in [9.17, 15) is 4.79 Å². The van der Waals surface area contributed by atoms with Gasteiger partial charge in [0, 0.05) is 18.8 Å². The van der Waals surface area contributed by atoms with Crippen molar-refractivity contribution in [1.29, 1.82) is 0 Å². The minimum absolute atomic E-state index is 0.292. The van der Waals surface area contributed by atoms with Crippen LogP contribution in [-0.4, -0.2) is 21.0 Å². The fraction of sp³-hybridized carbons (Fsp3) is 0.429. The van der Waals surface area contributed by atoms with Gasteiger partial charge in [-0.1, -0.05) is 6.92 Å². The molecule has 0 aliphatic carbocycles. The Hall–Kier alpha value is -1.32. The minimum atomic E-state index is -0.711. The molecule has 1 aromatic heterocycles. The molecule has 0 unspecified atom stereocenters. The molecule has 1 rings (SSSR count). The lowest BCUT2D eigenvalue weighted by molar-refractivity contribution is -0.137. The molecule has 2 N–H and O–H groups in total. The molecule has 0 amide bonds. The normalized spacial score (nSPS) is 8.09. The summed E-state index contributed by atoms with van der Waals surface area (Å²) in [5, 5.41) is 7.91. The molecule has 0 saturated heterocycles. The maximum atomic E-state index is 9.60. The number of carbonyl (C=O) groups is 1. The summed E-state index contributed by atoms with van der Waals surface area (Å²) in [6, 6.07) is 0. The molecule has 1 heterocycles. The van der Waals surface area contributed by atoms with Gasteiger partial charge in [0.25, 0.3) is 0 Å². The molecule has 0 radical (unpaired) electrons. The number of aromatic amines is 1. The van der Waals surface area contributed by atoms with Gasteiger partial charge in [0.2, 0.25) is 0 Å². The number of rotatable bonds is 2.